The van der Waals surface area contributed by atoms with Crippen molar-refractivity contribution in [2.75, 3.05) is 23.3 Å². The minimum Gasteiger partial charge on any atom is -0.370 e. The molecule has 5 nitrogen and oxygen atoms in total. The molecule has 0 saturated heterocycles. The zero-order chi connectivity index (χ0) is 15.4. The Morgan fingerprint density at radius 2 is 2.18 bits per heavy atom. The first kappa shape index (κ1) is 14.5. The number of benzene rings is 1. The highest BCUT2D eigenvalue weighted by Crippen LogP contribution is 2.28. The fraction of sp³-hybridized carbons (Fsp3) is 0.353. The summed E-state index contributed by atoms with van der Waals surface area (Å²) in [5.41, 5.74) is 2.64. The number of para-hydroxylation sites is 1. The summed E-state index contributed by atoms with van der Waals surface area (Å²) in [7, 11) is 0. The number of fused-ring (bicyclic) bond motifs is 1. The number of amides is 1. The van der Waals surface area contributed by atoms with Crippen molar-refractivity contribution in [2.24, 2.45) is 0 Å². The quantitative estimate of drug-likeness (QED) is 0.862. The summed E-state index contributed by atoms with van der Waals surface area (Å²) in [6.45, 7) is 3.70. The van der Waals surface area contributed by atoms with Crippen molar-refractivity contribution in [1.29, 1.82) is 0 Å². The Kier molecular flexibility index (Phi) is 4.32. The maximum atomic E-state index is 12.7. The molecule has 1 aliphatic heterocycles. The number of hydrogen-bond donors (Lipinski definition) is 1. The Morgan fingerprint density at radius 3 is 3.05 bits per heavy atom. The third-order valence-electron chi connectivity index (χ3n) is 3.85. The minimum atomic E-state index is -0.0640. The van der Waals surface area contributed by atoms with E-state index in [4.69, 9.17) is 0 Å². The summed E-state index contributed by atoms with van der Waals surface area (Å²) in [6.07, 6.45) is 4.54. The molecule has 0 saturated carbocycles. The van der Waals surface area contributed by atoms with E-state index in [1.807, 2.05) is 18.2 Å². The fourth-order valence-electron chi connectivity index (χ4n) is 2.65. The first-order chi connectivity index (χ1) is 10.8. The summed E-state index contributed by atoms with van der Waals surface area (Å²) in [4.78, 5) is 22.8. The highest BCUT2D eigenvalue weighted by atomic mass is 16.2. The van der Waals surface area contributed by atoms with Crippen LogP contribution in [0.15, 0.2) is 36.7 Å². The van der Waals surface area contributed by atoms with Gasteiger partial charge >= 0.3 is 0 Å². The summed E-state index contributed by atoms with van der Waals surface area (Å²) < 4.78 is 0. The Hall–Kier alpha value is -2.43. The van der Waals surface area contributed by atoms with Crippen LogP contribution in [-0.2, 0) is 6.42 Å². The predicted octanol–water partition coefficient (Wildman–Crippen LogP) is 2.89. The Bertz CT molecular complexity index is 671. The van der Waals surface area contributed by atoms with E-state index in [0.717, 1.165) is 31.5 Å². The zero-order valence-corrected chi connectivity index (χ0v) is 12.7. The van der Waals surface area contributed by atoms with Gasteiger partial charge in [0.15, 0.2) is 0 Å². The Labute approximate surface area is 130 Å². The van der Waals surface area contributed by atoms with Gasteiger partial charge in [0, 0.05) is 24.8 Å². The second-order valence-electron chi connectivity index (χ2n) is 5.40. The Balaban J connectivity index is 1.77. The lowest BCUT2D eigenvalue weighted by atomic mass is 10.2. The first-order valence-corrected chi connectivity index (χ1v) is 7.75. The van der Waals surface area contributed by atoms with Gasteiger partial charge < -0.3 is 10.2 Å². The number of rotatable bonds is 5. The minimum absolute atomic E-state index is 0.0640. The molecule has 0 aliphatic carbocycles. The highest BCUT2D eigenvalue weighted by Gasteiger charge is 2.26. The third-order valence-corrected chi connectivity index (χ3v) is 3.85. The van der Waals surface area contributed by atoms with Crippen LogP contribution in [0.25, 0.3) is 0 Å². The van der Waals surface area contributed by atoms with Crippen LogP contribution in [0, 0.1) is 0 Å². The predicted molar refractivity (Wildman–Crippen MR) is 87.3 cm³/mol. The molecule has 22 heavy (non-hydrogen) atoms. The van der Waals surface area contributed by atoms with E-state index in [0.29, 0.717) is 18.1 Å². The molecule has 1 aromatic heterocycles. The number of unbranched alkanes of at least 4 members (excludes halogenated alkanes) is 1. The highest BCUT2D eigenvalue weighted by molar-refractivity contribution is 6.06. The molecule has 0 fully saturated rings. The molecule has 0 unspecified atom stereocenters. The van der Waals surface area contributed by atoms with Crippen LogP contribution in [0.1, 0.15) is 35.8 Å². The molecular weight excluding hydrogens is 276 g/mol. The first-order valence-electron chi connectivity index (χ1n) is 7.75. The number of anilines is 2. The van der Waals surface area contributed by atoms with Gasteiger partial charge in [0.05, 0.1) is 0 Å². The molecule has 0 spiro atoms. The summed E-state index contributed by atoms with van der Waals surface area (Å²) >= 11 is 0. The number of nitrogens with one attached hydrogen (secondary N) is 1. The van der Waals surface area contributed by atoms with Gasteiger partial charge in [-0.1, -0.05) is 31.5 Å². The van der Waals surface area contributed by atoms with E-state index in [1.54, 1.807) is 11.0 Å². The van der Waals surface area contributed by atoms with Crippen molar-refractivity contribution in [3.63, 3.8) is 0 Å². The van der Waals surface area contributed by atoms with Gasteiger partial charge in [-0.15, -0.1) is 0 Å². The van der Waals surface area contributed by atoms with Crippen molar-refractivity contribution in [1.82, 2.24) is 9.97 Å². The molecule has 1 aromatic carbocycles. The number of carbonyl (C=O) groups is 1. The van der Waals surface area contributed by atoms with Crippen LogP contribution in [0.3, 0.4) is 0 Å². The van der Waals surface area contributed by atoms with Crippen molar-refractivity contribution in [3.05, 3.63) is 47.9 Å². The molecule has 2 heterocycles. The van der Waals surface area contributed by atoms with Crippen molar-refractivity contribution < 1.29 is 4.79 Å². The van der Waals surface area contributed by atoms with Crippen molar-refractivity contribution >= 4 is 17.4 Å². The number of hydrogen-bond acceptors (Lipinski definition) is 4. The molecule has 3 rings (SSSR count). The van der Waals surface area contributed by atoms with Crippen molar-refractivity contribution in [2.45, 2.75) is 26.2 Å². The van der Waals surface area contributed by atoms with Crippen molar-refractivity contribution in [3.8, 4) is 0 Å². The van der Waals surface area contributed by atoms with Gasteiger partial charge in [-0.25, -0.2) is 9.97 Å². The Morgan fingerprint density at radius 1 is 1.32 bits per heavy atom. The molecule has 1 amide bonds. The van der Waals surface area contributed by atoms with E-state index < -0.39 is 0 Å². The average Bonchev–Trinajstić information content (AvgIpc) is 2.99. The monoisotopic (exact) mass is 296 g/mol. The van der Waals surface area contributed by atoms with E-state index in [2.05, 4.69) is 28.3 Å². The maximum Gasteiger partial charge on any atom is 0.277 e. The third kappa shape index (κ3) is 2.93. The number of carbonyl (C=O) groups excluding carboxylic acids is 1. The summed E-state index contributed by atoms with van der Waals surface area (Å²) in [5, 5.41) is 3.23. The molecule has 1 N–H and O–H groups in total. The van der Waals surface area contributed by atoms with Crippen LogP contribution in [0.2, 0.25) is 0 Å². The molecule has 0 atom stereocenters. The standard InChI is InChI=1S/C17H20N4O/c1-2-3-9-18-16-11-14(19-12-20-16)17(22)21-10-8-13-6-4-5-7-15(13)21/h4-7,11-12H,2-3,8-10H2,1H3,(H,18,19,20). The lowest BCUT2D eigenvalue weighted by Crippen LogP contribution is -2.29. The van der Waals surface area contributed by atoms with Gasteiger partial charge in [0.2, 0.25) is 0 Å². The summed E-state index contributed by atoms with van der Waals surface area (Å²) in [6, 6.07) is 9.76. The number of aromatic nitrogens is 2. The second-order valence-corrected chi connectivity index (χ2v) is 5.40. The van der Waals surface area contributed by atoms with Crippen LogP contribution >= 0.6 is 0 Å². The van der Waals surface area contributed by atoms with Crippen LogP contribution in [0.4, 0.5) is 11.5 Å². The lowest BCUT2D eigenvalue weighted by molar-refractivity contribution is 0.0984. The number of nitrogens with zero attached hydrogens (tertiary/aromatic N) is 3. The summed E-state index contributed by atoms with van der Waals surface area (Å²) in [5.74, 6) is 0.644. The van der Waals surface area contributed by atoms with E-state index in [1.165, 1.54) is 11.9 Å². The largest absolute Gasteiger partial charge is 0.370 e. The van der Waals surface area contributed by atoms with Crippen LogP contribution in [-0.4, -0.2) is 29.0 Å². The van der Waals surface area contributed by atoms with Gasteiger partial charge in [0.25, 0.3) is 5.91 Å². The lowest BCUT2D eigenvalue weighted by Gasteiger charge is -2.17. The molecule has 0 bridgehead atoms. The average molecular weight is 296 g/mol. The molecule has 0 radical (unpaired) electrons. The topological polar surface area (TPSA) is 58.1 Å². The maximum absolute atomic E-state index is 12.7. The van der Waals surface area contributed by atoms with E-state index in [9.17, 15) is 4.79 Å². The van der Waals surface area contributed by atoms with Gasteiger partial charge in [0.1, 0.15) is 17.8 Å². The normalized spacial score (nSPS) is 13.0. The molecule has 114 valence electrons. The van der Waals surface area contributed by atoms with Crippen LogP contribution < -0.4 is 10.2 Å². The second kappa shape index (κ2) is 6.56. The zero-order valence-electron chi connectivity index (χ0n) is 12.7. The van der Waals surface area contributed by atoms with Gasteiger partial charge in [-0.3, -0.25) is 4.79 Å². The SMILES string of the molecule is CCCCNc1cc(C(=O)N2CCc3ccccc32)ncn1. The van der Waals surface area contributed by atoms with Crippen LogP contribution in [0.5, 0.6) is 0 Å². The van der Waals surface area contributed by atoms with Gasteiger partial charge in [-0.05, 0) is 24.5 Å². The molecular formula is C17H20N4O. The van der Waals surface area contributed by atoms with E-state index in [-0.39, 0.29) is 5.91 Å². The molecule has 1 aliphatic rings. The molecule has 5 heteroatoms. The fourth-order valence-corrected chi connectivity index (χ4v) is 2.65. The smallest absolute Gasteiger partial charge is 0.277 e. The molecule has 2 aromatic rings. The van der Waals surface area contributed by atoms with E-state index >= 15 is 0 Å². The van der Waals surface area contributed by atoms with Gasteiger partial charge in [-0.2, -0.15) is 0 Å².